The van der Waals surface area contributed by atoms with Crippen LogP contribution in [0.5, 0.6) is 5.88 Å². The van der Waals surface area contributed by atoms with E-state index in [0.29, 0.717) is 30.1 Å². The Labute approximate surface area is 197 Å². The predicted octanol–water partition coefficient (Wildman–Crippen LogP) is 3.44. The molecule has 0 aliphatic carbocycles. The van der Waals surface area contributed by atoms with Gasteiger partial charge in [-0.2, -0.15) is 0 Å². The normalized spacial score (nSPS) is 19.3. The first-order valence-corrected chi connectivity index (χ1v) is 11.6. The number of aliphatic hydroxyl groups is 1. The van der Waals surface area contributed by atoms with E-state index in [2.05, 4.69) is 47.8 Å². The van der Waals surface area contributed by atoms with Gasteiger partial charge in [-0.05, 0) is 25.6 Å². The van der Waals surface area contributed by atoms with Crippen LogP contribution in [-0.2, 0) is 6.54 Å². The number of pyridine rings is 1. The van der Waals surface area contributed by atoms with Crippen molar-refractivity contribution in [2.45, 2.75) is 46.4 Å². The van der Waals surface area contributed by atoms with Crippen molar-refractivity contribution >= 4 is 5.91 Å². The van der Waals surface area contributed by atoms with Crippen molar-refractivity contribution in [2.24, 2.45) is 11.8 Å². The molecule has 0 spiro atoms. The van der Waals surface area contributed by atoms with Crippen molar-refractivity contribution in [3.63, 3.8) is 0 Å². The number of likely N-dealkylation sites (N-methyl/N-ethyl adjacent to an activating group) is 1. The van der Waals surface area contributed by atoms with Crippen molar-refractivity contribution in [1.29, 1.82) is 0 Å². The molecule has 1 N–H and O–H groups in total. The molecule has 33 heavy (non-hydrogen) atoms. The molecule has 6 heteroatoms. The maximum atomic E-state index is 13.4. The average Bonchev–Trinajstić information content (AvgIpc) is 2.80. The summed E-state index contributed by atoms with van der Waals surface area (Å²) in [4.78, 5) is 21.9. The molecule has 6 nitrogen and oxygen atoms in total. The van der Waals surface area contributed by atoms with E-state index >= 15 is 0 Å². The molecule has 0 radical (unpaired) electrons. The van der Waals surface area contributed by atoms with E-state index in [1.165, 1.54) is 5.56 Å². The van der Waals surface area contributed by atoms with Crippen LogP contribution in [0.3, 0.4) is 0 Å². The summed E-state index contributed by atoms with van der Waals surface area (Å²) in [7, 11) is 2.07. The highest BCUT2D eigenvalue weighted by Gasteiger charge is 2.34. The molecule has 1 aliphatic heterocycles. The van der Waals surface area contributed by atoms with E-state index in [0.717, 1.165) is 6.54 Å². The monoisotopic (exact) mass is 449 g/mol. The summed E-state index contributed by atoms with van der Waals surface area (Å²) in [6.07, 6.45) is 1.50. The van der Waals surface area contributed by atoms with Crippen LogP contribution >= 0.6 is 0 Å². The number of rotatable bonds is 6. The standard InChI is InChI=1S/C27H35N3O3/c1-19(2)11-12-23-13-24-26(28-14-23)33-25(17-29(5)16-22-9-7-6-8-10-22)20(3)15-30(27(24)32)21(4)18-31/h6-10,13-14,19-21,25,31H,15-18H2,1-5H3/t20-,21+,25-/m1/s1. The lowest BCUT2D eigenvalue weighted by Gasteiger charge is -2.37. The Hall–Kier alpha value is -2.88. The number of ether oxygens (including phenoxy) is 1. The lowest BCUT2D eigenvalue weighted by atomic mass is 9.99. The number of hydrogen-bond donors (Lipinski definition) is 1. The molecule has 2 heterocycles. The van der Waals surface area contributed by atoms with Gasteiger partial charge < -0.3 is 14.7 Å². The van der Waals surface area contributed by atoms with Crippen LogP contribution in [-0.4, -0.2) is 64.7 Å². The zero-order chi connectivity index (χ0) is 24.0. The predicted molar refractivity (Wildman–Crippen MR) is 130 cm³/mol. The fourth-order valence-electron chi connectivity index (χ4n) is 3.88. The van der Waals surface area contributed by atoms with Gasteiger partial charge in [0.25, 0.3) is 5.91 Å². The number of fused-ring (bicyclic) bond motifs is 1. The van der Waals surface area contributed by atoms with Gasteiger partial charge in [-0.15, -0.1) is 0 Å². The van der Waals surface area contributed by atoms with Crippen LogP contribution < -0.4 is 4.74 Å². The van der Waals surface area contributed by atoms with E-state index in [-0.39, 0.29) is 36.5 Å². The van der Waals surface area contributed by atoms with E-state index in [4.69, 9.17) is 4.74 Å². The van der Waals surface area contributed by atoms with Gasteiger partial charge in [0.05, 0.1) is 12.6 Å². The summed E-state index contributed by atoms with van der Waals surface area (Å²) in [5.41, 5.74) is 2.31. The minimum atomic E-state index is -0.306. The van der Waals surface area contributed by atoms with Gasteiger partial charge in [-0.3, -0.25) is 9.69 Å². The molecule has 176 valence electrons. The lowest BCUT2D eigenvalue weighted by Crippen LogP contribution is -2.49. The number of hydrogen-bond acceptors (Lipinski definition) is 5. The molecular weight excluding hydrogens is 414 g/mol. The maximum Gasteiger partial charge on any atom is 0.259 e. The molecule has 0 fully saturated rings. The van der Waals surface area contributed by atoms with Crippen molar-refractivity contribution < 1.29 is 14.6 Å². The molecule has 3 rings (SSSR count). The summed E-state index contributed by atoms with van der Waals surface area (Å²) in [5.74, 6) is 6.62. The van der Waals surface area contributed by atoms with Crippen LogP contribution in [0.4, 0.5) is 0 Å². The first kappa shape index (κ1) is 24.8. The Morgan fingerprint density at radius 1 is 1.27 bits per heavy atom. The van der Waals surface area contributed by atoms with E-state index in [1.54, 1.807) is 17.2 Å². The third-order valence-corrected chi connectivity index (χ3v) is 5.81. The molecule has 1 amide bonds. The van der Waals surface area contributed by atoms with Gasteiger partial charge in [-0.25, -0.2) is 4.98 Å². The minimum Gasteiger partial charge on any atom is -0.472 e. The Kier molecular flexibility index (Phi) is 8.49. The largest absolute Gasteiger partial charge is 0.472 e. The van der Waals surface area contributed by atoms with Crippen molar-refractivity contribution in [3.05, 3.63) is 59.3 Å². The van der Waals surface area contributed by atoms with E-state index < -0.39 is 0 Å². The van der Waals surface area contributed by atoms with Crippen LogP contribution in [0.25, 0.3) is 0 Å². The Morgan fingerprint density at radius 3 is 2.67 bits per heavy atom. The van der Waals surface area contributed by atoms with Gasteiger partial charge in [0.15, 0.2) is 0 Å². The summed E-state index contributed by atoms with van der Waals surface area (Å²) >= 11 is 0. The number of benzene rings is 1. The fourth-order valence-corrected chi connectivity index (χ4v) is 3.88. The van der Waals surface area contributed by atoms with E-state index in [1.807, 2.05) is 39.0 Å². The van der Waals surface area contributed by atoms with Crippen LogP contribution in [0.1, 0.15) is 49.2 Å². The smallest absolute Gasteiger partial charge is 0.259 e. The zero-order valence-electron chi connectivity index (χ0n) is 20.3. The molecule has 0 unspecified atom stereocenters. The second kappa shape index (κ2) is 11.3. The Morgan fingerprint density at radius 2 is 2.00 bits per heavy atom. The van der Waals surface area contributed by atoms with Crippen LogP contribution in [0.15, 0.2) is 42.6 Å². The first-order valence-electron chi connectivity index (χ1n) is 11.6. The highest BCUT2D eigenvalue weighted by molar-refractivity contribution is 5.97. The van der Waals surface area contributed by atoms with Gasteiger partial charge in [-0.1, -0.05) is 62.9 Å². The summed E-state index contributed by atoms with van der Waals surface area (Å²) in [6.45, 7) is 9.85. The van der Waals surface area contributed by atoms with Gasteiger partial charge in [0, 0.05) is 43.2 Å². The molecule has 1 aliphatic rings. The minimum absolute atomic E-state index is 0.0523. The van der Waals surface area contributed by atoms with Gasteiger partial charge in [0.2, 0.25) is 5.88 Å². The topological polar surface area (TPSA) is 65.9 Å². The van der Waals surface area contributed by atoms with Gasteiger partial charge in [0.1, 0.15) is 11.7 Å². The Bertz CT molecular complexity index is 997. The summed E-state index contributed by atoms with van der Waals surface area (Å²) in [5, 5.41) is 9.81. The average molecular weight is 450 g/mol. The molecule has 1 aromatic carbocycles. The summed E-state index contributed by atoms with van der Waals surface area (Å²) < 4.78 is 6.36. The zero-order valence-corrected chi connectivity index (χ0v) is 20.3. The highest BCUT2D eigenvalue weighted by Crippen LogP contribution is 2.27. The molecule has 0 saturated heterocycles. The number of carbonyl (C=O) groups excluding carboxylic acids is 1. The Balaban J connectivity index is 1.91. The third kappa shape index (κ3) is 6.56. The van der Waals surface area contributed by atoms with Crippen molar-refractivity contribution in [1.82, 2.24) is 14.8 Å². The maximum absolute atomic E-state index is 13.4. The molecule has 1 aromatic heterocycles. The number of nitrogens with zero attached hydrogens (tertiary/aromatic N) is 3. The molecule has 0 saturated carbocycles. The quantitative estimate of drug-likeness (QED) is 0.685. The fraction of sp³-hybridized carbons (Fsp3) is 0.481. The molecular formula is C27H35N3O3. The number of amides is 1. The number of aromatic nitrogens is 1. The molecule has 2 aromatic rings. The van der Waals surface area contributed by atoms with Crippen LogP contribution in [0, 0.1) is 23.7 Å². The van der Waals surface area contributed by atoms with Crippen molar-refractivity contribution in [3.8, 4) is 17.7 Å². The summed E-state index contributed by atoms with van der Waals surface area (Å²) in [6, 6.07) is 11.8. The SMILES string of the molecule is CC(C)C#Cc1cnc2c(c1)C(=O)N([C@@H](C)CO)C[C@@H](C)[C@@H](CN(C)Cc1ccccc1)O2. The van der Waals surface area contributed by atoms with E-state index in [9.17, 15) is 9.90 Å². The van der Waals surface area contributed by atoms with Crippen LogP contribution in [0.2, 0.25) is 0 Å². The number of carbonyl (C=O) groups is 1. The number of aliphatic hydroxyl groups excluding tert-OH is 1. The first-order chi connectivity index (χ1) is 15.8. The second-order valence-corrected chi connectivity index (χ2v) is 9.31. The third-order valence-electron chi connectivity index (χ3n) is 5.81. The van der Waals surface area contributed by atoms with Crippen molar-refractivity contribution in [2.75, 3.05) is 26.7 Å². The lowest BCUT2D eigenvalue weighted by molar-refractivity contribution is 0.0325. The highest BCUT2D eigenvalue weighted by atomic mass is 16.5. The molecule has 3 atom stereocenters. The molecule has 0 bridgehead atoms. The second-order valence-electron chi connectivity index (χ2n) is 9.31. The van der Waals surface area contributed by atoms with Gasteiger partial charge >= 0.3 is 0 Å².